The Kier molecular flexibility index (Phi) is 6.48. The van der Waals surface area contributed by atoms with E-state index in [-0.39, 0.29) is 17.9 Å². The van der Waals surface area contributed by atoms with Crippen molar-refractivity contribution in [3.05, 3.63) is 28.8 Å². The van der Waals surface area contributed by atoms with Gasteiger partial charge in [0.2, 0.25) is 15.9 Å². The molecule has 130 valence electrons. The number of rotatable bonds is 6. The van der Waals surface area contributed by atoms with E-state index in [4.69, 9.17) is 11.6 Å². The zero-order valence-electron chi connectivity index (χ0n) is 14.4. The molecule has 1 amide bonds. The van der Waals surface area contributed by atoms with Crippen molar-refractivity contribution in [2.24, 2.45) is 5.92 Å². The Morgan fingerprint density at radius 2 is 1.78 bits per heavy atom. The van der Waals surface area contributed by atoms with Crippen molar-refractivity contribution in [2.75, 3.05) is 10.6 Å². The van der Waals surface area contributed by atoms with E-state index in [1.165, 1.54) is 0 Å². The predicted octanol–water partition coefficient (Wildman–Crippen LogP) is 2.96. The SMILES string of the molecule is Cc1ccc(Cl)cc1N([C@@H](C)C(=O)N[C@H](C)C(C)C)S(C)(=O)=O. The van der Waals surface area contributed by atoms with Gasteiger partial charge in [0.1, 0.15) is 6.04 Å². The lowest BCUT2D eigenvalue weighted by Crippen LogP contribution is -2.50. The normalized spacial score (nSPS) is 14.4. The van der Waals surface area contributed by atoms with Gasteiger partial charge in [0.15, 0.2) is 0 Å². The van der Waals surface area contributed by atoms with E-state index in [0.29, 0.717) is 10.7 Å². The van der Waals surface area contributed by atoms with Crippen molar-refractivity contribution in [3.8, 4) is 0 Å². The molecule has 0 aromatic heterocycles. The molecule has 0 aliphatic carbocycles. The van der Waals surface area contributed by atoms with Crippen LogP contribution in [-0.2, 0) is 14.8 Å². The summed E-state index contributed by atoms with van der Waals surface area (Å²) >= 11 is 6.00. The van der Waals surface area contributed by atoms with Gasteiger partial charge < -0.3 is 5.32 Å². The fourth-order valence-electron chi connectivity index (χ4n) is 2.11. The second kappa shape index (κ2) is 7.53. The summed E-state index contributed by atoms with van der Waals surface area (Å²) in [6, 6.07) is 4.06. The van der Waals surface area contributed by atoms with Crippen molar-refractivity contribution in [3.63, 3.8) is 0 Å². The fourth-order valence-corrected chi connectivity index (χ4v) is 3.50. The maximum Gasteiger partial charge on any atom is 0.243 e. The van der Waals surface area contributed by atoms with E-state index in [0.717, 1.165) is 16.1 Å². The molecule has 23 heavy (non-hydrogen) atoms. The summed E-state index contributed by atoms with van der Waals surface area (Å²) < 4.78 is 25.6. The Bertz CT molecular complexity index is 674. The molecule has 7 heteroatoms. The highest BCUT2D eigenvalue weighted by molar-refractivity contribution is 7.92. The Hall–Kier alpha value is -1.27. The van der Waals surface area contributed by atoms with Gasteiger partial charge >= 0.3 is 0 Å². The van der Waals surface area contributed by atoms with Crippen LogP contribution < -0.4 is 9.62 Å². The van der Waals surface area contributed by atoms with Gasteiger partial charge in [-0.1, -0.05) is 31.5 Å². The van der Waals surface area contributed by atoms with Gasteiger partial charge in [0.25, 0.3) is 0 Å². The number of halogens is 1. The topological polar surface area (TPSA) is 66.5 Å². The smallest absolute Gasteiger partial charge is 0.243 e. The molecule has 0 spiro atoms. The molecule has 0 saturated heterocycles. The fraction of sp³-hybridized carbons (Fsp3) is 0.562. The molecule has 5 nitrogen and oxygen atoms in total. The van der Waals surface area contributed by atoms with Crippen LogP contribution in [0.3, 0.4) is 0 Å². The first-order valence-corrected chi connectivity index (χ1v) is 9.73. The van der Waals surface area contributed by atoms with Crippen LogP contribution >= 0.6 is 11.6 Å². The van der Waals surface area contributed by atoms with Gasteiger partial charge in [0, 0.05) is 11.1 Å². The molecular formula is C16H25ClN2O3S. The van der Waals surface area contributed by atoms with Gasteiger partial charge in [0.05, 0.1) is 11.9 Å². The van der Waals surface area contributed by atoms with E-state index in [1.807, 2.05) is 20.8 Å². The molecule has 0 radical (unpaired) electrons. The average molecular weight is 361 g/mol. The molecule has 0 aliphatic heterocycles. The molecule has 0 saturated carbocycles. The number of nitrogens with one attached hydrogen (secondary N) is 1. The minimum absolute atomic E-state index is 0.0492. The third-order valence-electron chi connectivity index (χ3n) is 3.87. The van der Waals surface area contributed by atoms with Crippen LogP contribution in [0.1, 0.15) is 33.3 Å². The van der Waals surface area contributed by atoms with Crippen LogP contribution in [0.15, 0.2) is 18.2 Å². The van der Waals surface area contributed by atoms with Gasteiger partial charge in [-0.15, -0.1) is 0 Å². The molecule has 0 heterocycles. The maximum absolute atomic E-state index is 12.5. The first-order valence-electron chi connectivity index (χ1n) is 7.51. The van der Waals surface area contributed by atoms with Crippen molar-refractivity contribution >= 4 is 33.2 Å². The van der Waals surface area contributed by atoms with E-state index in [9.17, 15) is 13.2 Å². The standard InChI is InChI=1S/C16H25ClN2O3S/c1-10(2)12(4)18-16(20)13(5)19(23(6,21)22)15-9-14(17)8-7-11(15)3/h7-10,12-13H,1-6H3,(H,18,20)/t12-,13+/m1/s1. The van der Waals surface area contributed by atoms with Crippen LogP contribution in [0.4, 0.5) is 5.69 Å². The molecule has 1 rings (SSSR count). The molecule has 0 unspecified atom stereocenters. The highest BCUT2D eigenvalue weighted by atomic mass is 35.5. The Balaban J connectivity index is 3.23. The number of sulfonamides is 1. The van der Waals surface area contributed by atoms with Crippen LogP contribution in [0.2, 0.25) is 5.02 Å². The summed E-state index contributed by atoms with van der Waals surface area (Å²) in [6.45, 7) is 9.23. The number of carbonyl (C=O) groups excluding carboxylic acids is 1. The summed E-state index contributed by atoms with van der Waals surface area (Å²) in [7, 11) is -3.64. The zero-order chi connectivity index (χ0) is 17.9. The lowest BCUT2D eigenvalue weighted by molar-refractivity contribution is -0.122. The molecule has 1 N–H and O–H groups in total. The number of hydrogen-bond acceptors (Lipinski definition) is 3. The van der Waals surface area contributed by atoms with Crippen molar-refractivity contribution in [2.45, 2.75) is 46.7 Å². The largest absolute Gasteiger partial charge is 0.352 e. The number of carbonyl (C=O) groups is 1. The lowest BCUT2D eigenvalue weighted by atomic mass is 10.1. The van der Waals surface area contributed by atoms with Crippen LogP contribution in [0.5, 0.6) is 0 Å². The number of benzene rings is 1. The molecule has 0 aliphatic rings. The van der Waals surface area contributed by atoms with E-state index in [1.54, 1.807) is 32.0 Å². The van der Waals surface area contributed by atoms with E-state index >= 15 is 0 Å². The minimum Gasteiger partial charge on any atom is -0.352 e. The number of amides is 1. The summed E-state index contributed by atoms with van der Waals surface area (Å²) in [5, 5.41) is 3.28. The molecule has 2 atom stereocenters. The number of nitrogens with zero attached hydrogens (tertiary/aromatic N) is 1. The first kappa shape index (κ1) is 19.8. The molecule has 0 bridgehead atoms. The Morgan fingerprint density at radius 1 is 1.22 bits per heavy atom. The second-order valence-electron chi connectivity index (χ2n) is 6.21. The van der Waals surface area contributed by atoms with Gasteiger partial charge in [-0.3, -0.25) is 9.10 Å². The lowest BCUT2D eigenvalue weighted by Gasteiger charge is -2.31. The van der Waals surface area contributed by atoms with Gasteiger partial charge in [-0.25, -0.2) is 8.42 Å². The highest BCUT2D eigenvalue weighted by Crippen LogP contribution is 2.28. The minimum atomic E-state index is -3.64. The van der Waals surface area contributed by atoms with Crippen molar-refractivity contribution in [1.82, 2.24) is 5.32 Å². The molecule has 1 aromatic rings. The monoisotopic (exact) mass is 360 g/mol. The van der Waals surface area contributed by atoms with Crippen LogP contribution in [0, 0.1) is 12.8 Å². The van der Waals surface area contributed by atoms with Gasteiger partial charge in [-0.2, -0.15) is 0 Å². The summed E-state index contributed by atoms with van der Waals surface area (Å²) in [5.74, 6) is -0.0817. The predicted molar refractivity (Wildman–Crippen MR) is 95.4 cm³/mol. The first-order chi connectivity index (χ1) is 10.4. The zero-order valence-corrected chi connectivity index (χ0v) is 16.0. The van der Waals surface area contributed by atoms with Crippen LogP contribution in [-0.4, -0.2) is 32.7 Å². The maximum atomic E-state index is 12.5. The second-order valence-corrected chi connectivity index (χ2v) is 8.50. The highest BCUT2D eigenvalue weighted by Gasteiger charge is 2.31. The number of anilines is 1. The van der Waals surface area contributed by atoms with Crippen molar-refractivity contribution < 1.29 is 13.2 Å². The molecule has 0 fully saturated rings. The van der Waals surface area contributed by atoms with Crippen molar-refractivity contribution in [1.29, 1.82) is 0 Å². The Morgan fingerprint density at radius 3 is 2.26 bits per heavy atom. The summed E-state index contributed by atoms with van der Waals surface area (Å²) in [5.41, 5.74) is 1.15. The summed E-state index contributed by atoms with van der Waals surface area (Å²) in [6.07, 6.45) is 1.09. The van der Waals surface area contributed by atoms with Crippen LogP contribution in [0.25, 0.3) is 0 Å². The van der Waals surface area contributed by atoms with Gasteiger partial charge in [-0.05, 0) is 44.4 Å². The quantitative estimate of drug-likeness (QED) is 0.848. The summed E-state index contributed by atoms with van der Waals surface area (Å²) in [4.78, 5) is 12.5. The third kappa shape index (κ3) is 5.11. The Labute approximate surface area is 144 Å². The average Bonchev–Trinajstić information content (AvgIpc) is 2.40. The van der Waals surface area contributed by atoms with E-state index < -0.39 is 16.1 Å². The third-order valence-corrected chi connectivity index (χ3v) is 5.33. The molecular weight excluding hydrogens is 336 g/mol. The number of hydrogen-bond donors (Lipinski definition) is 1. The number of aryl methyl sites for hydroxylation is 1. The van der Waals surface area contributed by atoms with E-state index in [2.05, 4.69) is 5.32 Å². The molecule has 1 aromatic carbocycles.